The van der Waals surface area contributed by atoms with Crippen LogP contribution in [0.2, 0.25) is 0 Å². The lowest BCUT2D eigenvalue weighted by Crippen LogP contribution is -2.48. The first-order valence-corrected chi connectivity index (χ1v) is 8.34. The lowest BCUT2D eigenvalue weighted by molar-refractivity contribution is -0.124. The summed E-state index contributed by atoms with van der Waals surface area (Å²) < 4.78 is 5.41. The maximum Gasteiger partial charge on any atom is 0.321 e. The second-order valence-electron chi connectivity index (χ2n) is 6.26. The Morgan fingerprint density at radius 3 is 2.33 bits per heavy atom. The van der Waals surface area contributed by atoms with Gasteiger partial charge in [0.15, 0.2) is 0 Å². The molecule has 0 spiro atoms. The van der Waals surface area contributed by atoms with Crippen LogP contribution in [0.15, 0.2) is 24.3 Å². The molecule has 0 unspecified atom stereocenters. The van der Waals surface area contributed by atoms with Crippen LogP contribution in [0.25, 0.3) is 0 Å². The molecule has 134 valence electrons. The molecule has 0 saturated heterocycles. The Hall–Kier alpha value is -2.08. The molecule has 0 aliphatic carbocycles. The molecule has 1 aromatic carbocycles. The van der Waals surface area contributed by atoms with E-state index >= 15 is 0 Å². The number of amides is 3. The molecule has 1 atom stereocenters. The number of benzene rings is 1. The van der Waals surface area contributed by atoms with Gasteiger partial charge in [0.05, 0.1) is 12.6 Å². The normalized spacial score (nSPS) is 12.1. The van der Waals surface area contributed by atoms with Gasteiger partial charge in [0.25, 0.3) is 0 Å². The van der Waals surface area contributed by atoms with Crippen LogP contribution >= 0.6 is 0 Å². The molecule has 0 aliphatic rings. The van der Waals surface area contributed by atoms with Gasteiger partial charge in [0.1, 0.15) is 5.75 Å². The fourth-order valence-corrected chi connectivity index (χ4v) is 2.04. The molecule has 24 heavy (non-hydrogen) atoms. The number of carbonyl (C=O) groups excluding carboxylic acids is 2. The van der Waals surface area contributed by atoms with Gasteiger partial charge in [-0.15, -0.1) is 0 Å². The van der Waals surface area contributed by atoms with E-state index in [9.17, 15) is 9.59 Å². The summed E-state index contributed by atoms with van der Waals surface area (Å²) in [5.41, 5.74) is 1.07. The number of urea groups is 1. The third-order valence-electron chi connectivity index (χ3n) is 3.61. The maximum absolute atomic E-state index is 12.1. The van der Waals surface area contributed by atoms with Gasteiger partial charge in [-0.05, 0) is 44.5 Å². The van der Waals surface area contributed by atoms with E-state index in [1.807, 2.05) is 57.0 Å². The van der Waals surface area contributed by atoms with Crippen molar-refractivity contribution >= 4 is 11.9 Å². The standard InChI is InChI=1S/C18H29N3O3/c1-6-24-16-9-7-15(8-10-16)12-21(5)14(4)17(22)20-18(23)19-11-13(2)3/h7-10,13-14H,6,11-12H2,1-5H3,(H2,19,20,22,23)/t14-/m0/s1. The van der Waals surface area contributed by atoms with Gasteiger partial charge in [-0.3, -0.25) is 15.0 Å². The molecule has 0 fully saturated rings. The monoisotopic (exact) mass is 335 g/mol. The van der Waals surface area contributed by atoms with Crippen LogP contribution < -0.4 is 15.4 Å². The zero-order valence-corrected chi connectivity index (χ0v) is 15.3. The van der Waals surface area contributed by atoms with Crippen LogP contribution in [0.3, 0.4) is 0 Å². The van der Waals surface area contributed by atoms with E-state index in [1.165, 1.54) is 0 Å². The van der Waals surface area contributed by atoms with Crippen molar-refractivity contribution in [3.05, 3.63) is 29.8 Å². The largest absolute Gasteiger partial charge is 0.494 e. The van der Waals surface area contributed by atoms with Gasteiger partial charge in [-0.25, -0.2) is 4.79 Å². The number of hydrogen-bond acceptors (Lipinski definition) is 4. The van der Waals surface area contributed by atoms with E-state index < -0.39 is 12.1 Å². The quantitative estimate of drug-likeness (QED) is 0.765. The Balaban J connectivity index is 2.49. The minimum absolute atomic E-state index is 0.315. The predicted molar refractivity (Wildman–Crippen MR) is 94.9 cm³/mol. The molecule has 1 aromatic rings. The maximum atomic E-state index is 12.1. The van der Waals surface area contributed by atoms with Crippen LogP contribution in [-0.4, -0.2) is 43.1 Å². The number of carbonyl (C=O) groups is 2. The number of rotatable bonds is 8. The summed E-state index contributed by atoms with van der Waals surface area (Å²) >= 11 is 0. The van der Waals surface area contributed by atoms with Crippen LogP contribution in [0.1, 0.15) is 33.3 Å². The Kier molecular flexibility index (Phi) is 8.26. The molecular weight excluding hydrogens is 306 g/mol. The van der Waals surface area contributed by atoms with Gasteiger partial charge in [0.2, 0.25) is 5.91 Å². The molecule has 0 radical (unpaired) electrons. The number of imide groups is 1. The van der Waals surface area contributed by atoms with Gasteiger partial charge in [0, 0.05) is 13.1 Å². The minimum atomic E-state index is -0.449. The third-order valence-corrected chi connectivity index (χ3v) is 3.61. The molecule has 1 rings (SSSR count). The Labute approximate surface area is 144 Å². The first-order valence-electron chi connectivity index (χ1n) is 8.34. The predicted octanol–water partition coefficient (Wildman–Crippen LogP) is 2.39. The molecule has 0 heterocycles. The lowest BCUT2D eigenvalue weighted by Gasteiger charge is -2.23. The average molecular weight is 335 g/mol. The van der Waals surface area contributed by atoms with Crippen molar-refractivity contribution in [1.29, 1.82) is 0 Å². The average Bonchev–Trinajstić information content (AvgIpc) is 2.54. The van der Waals surface area contributed by atoms with Crippen LogP contribution in [0.5, 0.6) is 5.75 Å². The van der Waals surface area contributed by atoms with E-state index in [0.29, 0.717) is 25.6 Å². The van der Waals surface area contributed by atoms with E-state index in [2.05, 4.69) is 10.6 Å². The summed E-state index contributed by atoms with van der Waals surface area (Å²) in [6.45, 7) is 9.49. The molecule has 0 aromatic heterocycles. The summed E-state index contributed by atoms with van der Waals surface area (Å²) in [5, 5.41) is 5.05. The molecule has 6 heteroatoms. The molecule has 0 saturated carbocycles. The van der Waals surface area contributed by atoms with E-state index in [0.717, 1.165) is 11.3 Å². The van der Waals surface area contributed by atoms with Crippen molar-refractivity contribution in [3.63, 3.8) is 0 Å². The summed E-state index contributed by atoms with van der Waals surface area (Å²) in [6, 6.07) is 6.91. The summed E-state index contributed by atoms with van der Waals surface area (Å²) in [6.07, 6.45) is 0. The highest BCUT2D eigenvalue weighted by Crippen LogP contribution is 2.14. The number of nitrogens with zero attached hydrogens (tertiary/aromatic N) is 1. The Morgan fingerprint density at radius 2 is 1.79 bits per heavy atom. The summed E-state index contributed by atoms with van der Waals surface area (Å²) in [5.74, 6) is 0.854. The Bertz CT molecular complexity index is 529. The topological polar surface area (TPSA) is 70.7 Å². The van der Waals surface area contributed by atoms with Crippen LogP contribution in [0.4, 0.5) is 4.79 Å². The minimum Gasteiger partial charge on any atom is -0.494 e. The van der Waals surface area contributed by atoms with Crippen molar-refractivity contribution in [2.75, 3.05) is 20.2 Å². The van der Waals surface area contributed by atoms with Gasteiger partial charge in [-0.1, -0.05) is 26.0 Å². The van der Waals surface area contributed by atoms with Gasteiger partial charge in [-0.2, -0.15) is 0 Å². The van der Waals surface area contributed by atoms with Gasteiger partial charge < -0.3 is 10.1 Å². The number of nitrogens with one attached hydrogen (secondary N) is 2. The van der Waals surface area contributed by atoms with Crippen molar-refractivity contribution in [1.82, 2.24) is 15.5 Å². The highest BCUT2D eigenvalue weighted by Gasteiger charge is 2.20. The van der Waals surface area contributed by atoms with E-state index in [1.54, 1.807) is 6.92 Å². The number of hydrogen-bond donors (Lipinski definition) is 2. The van der Waals surface area contributed by atoms with Crippen LogP contribution in [0, 0.1) is 5.92 Å². The summed E-state index contributed by atoms with van der Waals surface area (Å²) in [7, 11) is 1.85. The van der Waals surface area contributed by atoms with E-state index in [-0.39, 0.29) is 5.91 Å². The van der Waals surface area contributed by atoms with Crippen molar-refractivity contribution in [2.45, 2.75) is 40.3 Å². The zero-order valence-electron chi connectivity index (χ0n) is 15.3. The molecule has 2 N–H and O–H groups in total. The van der Waals surface area contributed by atoms with Crippen molar-refractivity contribution < 1.29 is 14.3 Å². The zero-order chi connectivity index (χ0) is 18.1. The van der Waals surface area contributed by atoms with Crippen LogP contribution in [-0.2, 0) is 11.3 Å². The smallest absolute Gasteiger partial charge is 0.321 e. The molecule has 0 bridgehead atoms. The first-order chi connectivity index (χ1) is 11.3. The Morgan fingerprint density at radius 1 is 1.17 bits per heavy atom. The van der Waals surface area contributed by atoms with Crippen molar-refractivity contribution in [2.24, 2.45) is 5.92 Å². The fraction of sp³-hybridized carbons (Fsp3) is 0.556. The number of ether oxygens (including phenoxy) is 1. The lowest BCUT2D eigenvalue weighted by atomic mass is 10.2. The van der Waals surface area contributed by atoms with Gasteiger partial charge >= 0.3 is 6.03 Å². The summed E-state index contributed by atoms with van der Waals surface area (Å²) in [4.78, 5) is 25.7. The fourth-order valence-electron chi connectivity index (χ4n) is 2.04. The second-order valence-corrected chi connectivity index (χ2v) is 6.26. The molecule has 0 aliphatic heterocycles. The molecule has 6 nitrogen and oxygen atoms in total. The second kappa shape index (κ2) is 9.93. The molecular formula is C18H29N3O3. The SMILES string of the molecule is CCOc1ccc(CN(C)[C@@H](C)C(=O)NC(=O)NCC(C)C)cc1. The van der Waals surface area contributed by atoms with Crippen molar-refractivity contribution in [3.8, 4) is 5.75 Å². The first kappa shape index (κ1) is 20.0. The number of likely N-dealkylation sites (N-methyl/N-ethyl adjacent to an activating group) is 1. The third kappa shape index (κ3) is 7.00. The highest BCUT2D eigenvalue weighted by atomic mass is 16.5. The highest BCUT2D eigenvalue weighted by molar-refractivity contribution is 5.96. The van der Waals surface area contributed by atoms with E-state index in [4.69, 9.17) is 4.74 Å². The molecule has 3 amide bonds.